The van der Waals surface area contributed by atoms with Gasteiger partial charge in [0.05, 0.1) is 19.3 Å². The standard InChI is InChI=1S/C17H28N2O3/c1-4-18-8-9-19(13(3)11-18)15(12-20)14-6-7-16(21)17(10-14)22-5-2/h6-7,10,13,15,20-21H,4-5,8-9,11-12H2,1-3H3. The first kappa shape index (κ1) is 17.1. The molecule has 0 saturated carbocycles. The smallest absolute Gasteiger partial charge is 0.161 e. The minimum absolute atomic E-state index is 0.0613. The van der Waals surface area contributed by atoms with Crippen LogP contribution in [-0.4, -0.2) is 65.4 Å². The molecular formula is C17H28N2O3. The second-order valence-electron chi connectivity index (χ2n) is 5.84. The van der Waals surface area contributed by atoms with Crippen molar-refractivity contribution in [2.75, 3.05) is 39.4 Å². The van der Waals surface area contributed by atoms with Crippen molar-refractivity contribution in [3.63, 3.8) is 0 Å². The molecule has 1 aromatic carbocycles. The van der Waals surface area contributed by atoms with Gasteiger partial charge in [-0.1, -0.05) is 13.0 Å². The molecular weight excluding hydrogens is 280 g/mol. The Hall–Kier alpha value is -1.30. The van der Waals surface area contributed by atoms with Gasteiger partial charge in [0.15, 0.2) is 11.5 Å². The molecule has 1 aliphatic heterocycles. The number of hydrogen-bond donors (Lipinski definition) is 2. The summed E-state index contributed by atoms with van der Waals surface area (Å²) in [5.41, 5.74) is 0.987. The van der Waals surface area contributed by atoms with Crippen molar-refractivity contribution in [3.8, 4) is 11.5 Å². The first-order valence-corrected chi connectivity index (χ1v) is 8.15. The first-order chi connectivity index (χ1) is 10.6. The fraction of sp³-hybridized carbons (Fsp3) is 0.647. The Kier molecular flexibility index (Phi) is 6.06. The van der Waals surface area contributed by atoms with Gasteiger partial charge >= 0.3 is 0 Å². The van der Waals surface area contributed by atoms with Crippen LogP contribution in [0.5, 0.6) is 11.5 Å². The number of ether oxygens (including phenoxy) is 1. The lowest BCUT2D eigenvalue weighted by atomic mass is 10.0. The molecule has 2 unspecified atom stereocenters. The number of benzene rings is 1. The minimum atomic E-state index is -0.0613. The van der Waals surface area contributed by atoms with Crippen LogP contribution in [0, 0.1) is 0 Å². The number of hydrogen-bond acceptors (Lipinski definition) is 5. The van der Waals surface area contributed by atoms with E-state index in [0.29, 0.717) is 18.4 Å². The number of phenolic OH excluding ortho intramolecular Hbond substituents is 1. The third-order valence-corrected chi connectivity index (χ3v) is 4.45. The highest BCUT2D eigenvalue weighted by molar-refractivity contribution is 5.43. The summed E-state index contributed by atoms with van der Waals surface area (Å²) in [5, 5.41) is 19.7. The molecule has 0 radical (unpaired) electrons. The number of piperazine rings is 1. The number of aliphatic hydroxyl groups is 1. The Morgan fingerprint density at radius 2 is 2.09 bits per heavy atom. The lowest BCUT2D eigenvalue weighted by molar-refractivity contribution is 0.0270. The zero-order chi connectivity index (χ0) is 16.1. The SMILES string of the molecule is CCOc1cc(C(CO)N2CCN(CC)CC2C)ccc1O. The molecule has 5 nitrogen and oxygen atoms in total. The molecule has 2 rings (SSSR count). The Morgan fingerprint density at radius 1 is 1.32 bits per heavy atom. The number of phenols is 1. The number of nitrogens with zero attached hydrogens (tertiary/aromatic N) is 2. The Morgan fingerprint density at radius 3 is 2.68 bits per heavy atom. The molecule has 0 aromatic heterocycles. The van der Waals surface area contributed by atoms with Crippen molar-refractivity contribution in [3.05, 3.63) is 23.8 Å². The quantitative estimate of drug-likeness (QED) is 0.840. The third-order valence-electron chi connectivity index (χ3n) is 4.45. The highest BCUT2D eigenvalue weighted by atomic mass is 16.5. The molecule has 124 valence electrons. The van der Waals surface area contributed by atoms with E-state index >= 15 is 0 Å². The van der Waals surface area contributed by atoms with Crippen LogP contribution in [0.25, 0.3) is 0 Å². The van der Waals surface area contributed by atoms with Gasteiger partial charge in [0.25, 0.3) is 0 Å². The van der Waals surface area contributed by atoms with Crippen molar-refractivity contribution in [1.29, 1.82) is 0 Å². The first-order valence-electron chi connectivity index (χ1n) is 8.15. The van der Waals surface area contributed by atoms with E-state index in [1.807, 2.05) is 19.1 Å². The van der Waals surface area contributed by atoms with Gasteiger partial charge in [-0.2, -0.15) is 0 Å². The third kappa shape index (κ3) is 3.72. The molecule has 5 heteroatoms. The van der Waals surface area contributed by atoms with E-state index in [4.69, 9.17) is 4.74 Å². The van der Waals surface area contributed by atoms with E-state index in [2.05, 4.69) is 23.6 Å². The van der Waals surface area contributed by atoms with Crippen LogP contribution >= 0.6 is 0 Å². The lowest BCUT2D eigenvalue weighted by Gasteiger charge is -2.43. The average molecular weight is 308 g/mol. The van der Waals surface area contributed by atoms with Gasteiger partial charge in [0.2, 0.25) is 0 Å². The molecule has 22 heavy (non-hydrogen) atoms. The van der Waals surface area contributed by atoms with Gasteiger partial charge in [0, 0.05) is 25.7 Å². The van der Waals surface area contributed by atoms with Crippen molar-refractivity contribution >= 4 is 0 Å². The second kappa shape index (κ2) is 7.81. The second-order valence-corrected chi connectivity index (χ2v) is 5.84. The summed E-state index contributed by atoms with van der Waals surface area (Å²) in [4.78, 5) is 4.77. The van der Waals surface area contributed by atoms with Gasteiger partial charge in [-0.05, 0) is 38.1 Å². The summed E-state index contributed by atoms with van der Waals surface area (Å²) in [5.74, 6) is 0.629. The Labute approximate surface area is 133 Å². The Balaban J connectivity index is 2.19. The summed E-state index contributed by atoms with van der Waals surface area (Å²) in [7, 11) is 0. The number of aromatic hydroxyl groups is 1. The largest absolute Gasteiger partial charge is 0.504 e. The number of aliphatic hydroxyl groups excluding tert-OH is 1. The van der Waals surface area contributed by atoms with E-state index in [1.165, 1.54) is 0 Å². The van der Waals surface area contributed by atoms with E-state index in [-0.39, 0.29) is 18.4 Å². The van der Waals surface area contributed by atoms with Crippen LogP contribution in [0.2, 0.25) is 0 Å². The monoisotopic (exact) mass is 308 g/mol. The van der Waals surface area contributed by atoms with E-state index in [1.54, 1.807) is 6.07 Å². The molecule has 1 fully saturated rings. The molecule has 1 saturated heterocycles. The van der Waals surface area contributed by atoms with Crippen molar-refractivity contribution in [1.82, 2.24) is 9.80 Å². The van der Waals surface area contributed by atoms with Crippen LogP contribution in [0.15, 0.2) is 18.2 Å². The topological polar surface area (TPSA) is 56.2 Å². The zero-order valence-electron chi connectivity index (χ0n) is 13.8. The van der Waals surface area contributed by atoms with E-state index in [0.717, 1.165) is 31.7 Å². The summed E-state index contributed by atoms with van der Waals surface area (Å²) < 4.78 is 5.46. The van der Waals surface area contributed by atoms with Crippen molar-refractivity contribution < 1.29 is 14.9 Å². The highest BCUT2D eigenvalue weighted by Crippen LogP contribution is 2.32. The van der Waals surface area contributed by atoms with Gasteiger partial charge in [-0.15, -0.1) is 0 Å². The maximum Gasteiger partial charge on any atom is 0.161 e. The predicted octanol–water partition coefficient (Wildman–Crippen LogP) is 1.85. The summed E-state index contributed by atoms with van der Waals surface area (Å²) >= 11 is 0. The van der Waals surface area contributed by atoms with E-state index in [9.17, 15) is 10.2 Å². The van der Waals surface area contributed by atoms with E-state index < -0.39 is 0 Å². The highest BCUT2D eigenvalue weighted by Gasteiger charge is 2.29. The fourth-order valence-electron chi connectivity index (χ4n) is 3.21. The lowest BCUT2D eigenvalue weighted by Crippen LogP contribution is -2.53. The van der Waals surface area contributed by atoms with Crippen LogP contribution in [0.4, 0.5) is 0 Å². The average Bonchev–Trinajstić information content (AvgIpc) is 2.52. The molecule has 2 atom stereocenters. The van der Waals surface area contributed by atoms with Gasteiger partial charge < -0.3 is 19.8 Å². The fourth-order valence-corrected chi connectivity index (χ4v) is 3.21. The zero-order valence-corrected chi connectivity index (χ0v) is 13.8. The molecule has 0 aliphatic carbocycles. The van der Waals surface area contributed by atoms with Crippen molar-refractivity contribution in [2.24, 2.45) is 0 Å². The molecule has 2 N–H and O–H groups in total. The molecule has 1 heterocycles. The van der Waals surface area contributed by atoms with Gasteiger partial charge in [0.1, 0.15) is 0 Å². The van der Waals surface area contributed by atoms with Crippen LogP contribution in [-0.2, 0) is 0 Å². The molecule has 1 aromatic rings. The Bertz CT molecular complexity index is 481. The van der Waals surface area contributed by atoms with Crippen LogP contribution in [0.1, 0.15) is 32.4 Å². The summed E-state index contributed by atoms with van der Waals surface area (Å²) in [6, 6.07) is 5.69. The van der Waals surface area contributed by atoms with Gasteiger partial charge in [-0.3, -0.25) is 4.90 Å². The van der Waals surface area contributed by atoms with Crippen LogP contribution in [0.3, 0.4) is 0 Å². The predicted molar refractivity (Wildman–Crippen MR) is 87.4 cm³/mol. The van der Waals surface area contributed by atoms with Crippen molar-refractivity contribution in [2.45, 2.75) is 32.9 Å². The summed E-state index contributed by atoms with van der Waals surface area (Å²) in [6.45, 7) is 10.9. The maximum absolute atomic E-state index is 9.90. The normalized spacial score (nSPS) is 21.7. The molecule has 0 amide bonds. The number of likely N-dealkylation sites (N-methyl/N-ethyl adjacent to an activating group) is 1. The van der Waals surface area contributed by atoms with Gasteiger partial charge in [-0.25, -0.2) is 0 Å². The molecule has 0 spiro atoms. The molecule has 1 aliphatic rings. The summed E-state index contributed by atoms with van der Waals surface area (Å²) in [6.07, 6.45) is 0. The molecule has 0 bridgehead atoms. The van der Waals surface area contributed by atoms with Crippen LogP contribution < -0.4 is 4.74 Å². The number of rotatable bonds is 6. The maximum atomic E-state index is 9.90. The minimum Gasteiger partial charge on any atom is -0.504 e.